The number of carbonyl (C=O) groups excluding carboxylic acids is 1. The third-order valence-corrected chi connectivity index (χ3v) is 2.74. The van der Waals surface area contributed by atoms with Crippen molar-refractivity contribution >= 4 is 29.1 Å². The molecule has 1 heterocycles. The first-order valence-corrected chi connectivity index (χ1v) is 6.57. The first kappa shape index (κ1) is 18.0. The standard InChI is InChI=1S/C11H13ClF2N4O4/c1-3-17(6-11(13,14)9(19)22-4-2)8-7(18(20)21)5-15-10(12)16-8/h5H,3-4,6H2,1-2H3. The van der Waals surface area contributed by atoms with Crippen LogP contribution in [0.15, 0.2) is 6.20 Å². The number of aromatic nitrogens is 2. The molecule has 1 aromatic rings. The van der Waals surface area contributed by atoms with Gasteiger partial charge in [-0.15, -0.1) is 0 Å². The fraction of sp³-hybridized carbons (Fsp3) is 0.545. The molecule has 0 radical (unpaired) electrons. The molecule has 8 nitrogen and oxygen atoms in total. The highest BCUT2D eigenvalue weighted by atomic mass is 35.5. The predicted molar refractivity (Wildman–Crippen MR) is 73.2 cm³/mol. The molecule has 22 heavy (non-hydrogen) atoms. The molecule has 0 unspecified atom stereocenters. The van der Waals surface area contributed by atoms with Crippen LogP contribution < -0.4 is 4.90 Å². The number of rotatable bonds is 7. The summed E-state index contributed by atoms with van der Waals surface area (Å²) < 4.78 is 31.9. The zero-order valence-corrected chi connectivity index (χ0v) is 12.5. The average molecular weight is 339 g/mol. The second-order valence-corrected chi connectivity index (χ2v) is 4.38. The van der Waals surface area contributed by atoms with Gasteiger partial charge >= 0.3 is 17.6 Å². The van der Waals surface area contributed by atoms with Crippen LogP contribution in [0, 0.1) is 10.1 Å². The maximum Gasteiger partial charge on any atom is 0.378 e. The maximum atomic E-state index is 13.8. The summed E-state index contributed by atoms with van der Waals surface area (Å²) in [6, 6.07) is 0. The molecule has 0 fully saturated rings. The minimum atomic E-state index is -3.85. The van der Waals surface area contributed by atoms with Crippen molar-refractivity contribution < 1.29 is 23.2 Å². The van der Waals surface area contributed by atoms with Crippen LogP contribution in [0.5, 0.6) is 0 Å². The van der Waals surface area contributed by atoms with Crippen LogP contribution in [0.25, 0.3) is 0 Å². The minimum Gasteiger partial charge on any atom is -0.462 e. The lowest BCUT2D eigenvalue weighted by atomic mass is 10.3. The average Bonchev–Trinajstić information content (AvgIpc) is 2.44. The van der Waals surface area contributed by atoms with E-state index in [2.05, 4.69) is 14.7 Å². The minimum absolute atomic E-state index is 0.0663. The summed E-state index contributed by atoms with van der Waals surface area (Å²) in [5, 5.41) is 10.6. The topological polar surface area (TPSA) is 98.5 Å². The normalized spacial score (nSPS) is 11.1. The van der Waals surface area contributed by atoms with Crippen molar-refractivity contribution in [2.24, 2.45) is 0 Å². The zero-order valence-electron chi connectivity index (χ0n) is 11.8. The van der Waals surface area contributed by atoms with E-state index in [0.717, 1.165) is 11.1 Å². The van der Waals surface area contributed by atoms with Crippen LogP contribution >= 0.6 is 11.6 Å². The van der Waals surface area contributed by atoms with E-state index in [-0.39, 0.29) is 18.4 Å². The largest absolute Gasteiger partial charge is 0.462 e. The monoisotopic (exact) mass is 338 g/mol. The van der Waals surface area contributed by atoms with Gasteiger partial charge in [-0.3, -0.25) is 10.1 Å². The number of nitro groups is 1. The molecule has 0 saturated carbocycles. The van der Waals surface area contributed by atoms with E-state index in [9.17, 15) is 23.7 Å². The summed E-state index contributed by atoms with van der Waals surface area (Å²) >= 11 is 5.56. The summed E-state index contributed by atoms with van der Waals surface area (Å²) in [7, 11) is 0. The van der Waals surface area contributed by atoms with E-state index in [0.29, 0.717) is 0 Å². The Kier molecular flexibility index (Phi) is 5.92. The molecular formula is C11H13ClF2N4O4. The first-order valence-electron chi connectivity index (χ1n) is 6.19. The Morgan fingerprint density at radius 1 is 1.55 bits per heavy atom. The molecule has 0 saturated heterocycles. The van der Waals surface area contributed by atoms with E-state index in [4.69, 9.17) is 11.6 Å². The van der Waals surface area contributed by atoms with Gasteiger partial charge < -0.3 is 9.64 Å². The second-order valence-electron chi connectivity index (χ2n) is 4.04. The van der Waals surface area contributed by atoms with Gasteiger partial charge in [0.25, 0.3) is 0 Å². The fourth-order valence-electron chi connectivity index (χ4n) is 1.58. The molecule has 1 rings (SSSR count). The van der Waals surface area contributed by atoms with Gasteiger partial charge in [-0.2, -0.15) is 13.8 Å². The predicted octanol–water partition coefficient (Wildman–Crippen LogP) is 2.06. The summed E-state index contributed by atoms with van der Waals surface area (Å²) in [5.74, 6) is -5.95. The summed E-state index contributed by atoms with van der Waals surface area (Å²) in [6.07, 6.45) is 0.815. The molecule has 1 aromatic heterocycles. The molecule has 122 valence electrons. The van der Waals surface area contributed by atoms with Crippen LogP contribution in [0.4, 0.5) is 20.3 Å². The Morgan fingerprint density at radius 3 is 2.68 bits per heavy atom. The van der Waals surface area contributed by atoms with Crippen molar-refractivity contribution in [2.75, 3.05) is 24.6 Å². The van der Waals surface area contributed by atoms with Crippen molar-refractivity contribution in [3.05, 3.63) is 21.6 Å². The molecule has 0 aliphatic heterocycles. The number of carbonyl (C=O) groups is 1. The molecular weight excluding hydrogens is 326 g/mol. The third-order valence-electron chi connectivity index (χ3n) is 2.56. The van der Waals surface area contributed by atoms with Crippen LogP contribution in [0.2, 0.25) is 5.28 Å². The third kappa shape index (κ3) is 4.20. The highest BCUT2D eigenvalue weighted by molar-refractivity contribution is 6.28. The summed E-state index contributed by atoms with van der Waals surface area (Å²) in [4.78, 5) is 29.3. The number of hydrogen-bond acceptors (Lipinski definition) is 7. The number of hydrogen-bond donors (Lipinski definition) is 0. The molecule has 0 bridgehead atoms. The van der Waals surface area contributed by atoms with Crippen molar-refractivity contribution in [1.29, 1.82) is 0 Å². The zero-order chi connectivity index (χ0) is 16.9. The molecule has 11 heteroatoms. The fourth-order valence-corrected chi connectivity index (χ4v) is 1.71. The Hall–Kier alpha value is -2.10. The van der Waals surface area contributed by atoms with Crippen LogP contribution in [-0.4, -0.2) is 46.5 Å². The smallest absolute Gasteiger partial charge is 0.378 e. The van der Waals surface area contributed by atoms with Gasteiger partial charge in [0.1, 0.15) is 6.20 Å². The van der Waals surface area contributed by atoms with Gasteiger partial charge in [0, 0.05) is 6.54 Å². The van der Waals surface area contributed by atoms with Gasteiger partial charge in [0.05, 0.1) is 18.1 Å². The number of ether oxygens (including phenoxy) is 1. The Morgan fingerprint density at radius 2 is 2.18 bits per heavy atom. The van der Waals surface area contributed by atoms with E-state index in [1.54, 1.807) is 0 Å². The number of esters is 1. The van der Waals surface area contributed by atoms with Gasteiger partial charge in [0.2, 0.25) is 11.1 Å². The highest BCUT2D eigenvalue weighted by Gasteiger charge is 2.43. The Labute approximate surface area is 129 Å². The summed E-state index contributed by atoms with van der Waals surface area (Å²) in [6.45, 7) is 1.46. The van der Waals surface area contributed by atoms with E-state index < -0.39 is 34.9 Å². The number of anilines is 1. The molecule has 0 aliphatic rings. The van der Waals surface area contributed by atoms with Crippen LogP contribution in [0.3, 0.4) is 0 Å². The maximum absolute atomic E-state index is 13.8. The Bertz CT molecular complexity index is 573. The van der Waals surface area contributed by atoms with Gasteiger partial charge in [-0.25, -0.2) is 9.78 Å². The highest BCUT2D eigenvalue weighted by Crippen LogP contribution is 2.29. The molecule has 0 spiro atoms. The summed E-state index contributed by atoms with van der Waals surface area (Å²) in [5.41, 5.74) is -0.592. The van der Waals surface area contributed by atoms with E-state index in [1.807, 2.05) is 0 Å². The van der Waals surface area contributed by atoms with Crippen molar-refractivity contribution in [1.82, 2.24) is 9.97 Å². The molecule has 0 aliphatic carbocycles. The molecule has 0 amide bonds. The van der Waals surface area contributed by atoms with Crippen molar-refractivity contribution in [3.63, 3.8) is 0 Å². The molecule has 0 aromatic carbocycles. The van der Waals surface area contributed by atoms with Gasteiger partial charge in [-0.1, -0.05) is 0 Å². The first-order chi connectivity index (χ1) is 10.2. The SMILES string of the molecule is CCOC(=O)C(F)(F)CN(CC)c1nc(Cl)ncc1[N+](=O)[O-]. The molecule has 0 N–H and O–H groups in total. The quantitative estimate of drug-likeness (QED) is 0.325. The van der Waals surface area contributed by atoms with Crippen molar-refractivity contribution in [2.45, 2.75) is 19.8 Å². The van der Waals surface area contributed by atoms with Crippen LogP contribution in [-0.2, 0) is 9.53 Å². The molecule has 0 atom stereocenters. The van der Waals surface area contributed by atoms with Gasteiger partial charge in [-0.05, 0) is 25.4 Å². The lowest BCUT2D eigenvalue weighted by Gasteiger charge is -2.25. The number of alkyl halides is 2. The second kappa shape index (κ2) is 7.25. The van der Waals surface area contributed by atoms with E-state index >= 15 is 0 Å². The van der Waals surface area contributed by atoms with Crippen molar-refractivity contribution in [3.8, 4) is 0 Å². The Balaban J connectivity index is 3.14. The van der Waals surface area contributed by atoms with Crippen LogP contribution in [0.1, 0.15) is 13.8 Å². The number of nitrogens with zero attached hydrogens (tertiary/aromatic N) is 4. The lowest BCUT2D eigenvalue weighted by Crippen LogP contribution is -2.44. The number of halogens is 3. The van der Waals surface area contributed by atoms with E-state index in [1.165, 1.54) is 13.8 Å². The van der Waals surface area contributed by atoms with Gasteiger partial charge in [0.15, 0.2) is 0 Å². The lowest BCUT2D eigenvalue weighted by molar-refractivity contribution is -0.384.